The van der Waals surface area contributed by atoms with Crippen molar-refractivity contribution in [2.45, 2.75) is 0 Å². The van der Waals surface area contributed by atoms with E-state index in [0.717, 1.165) is 4.47 Å². The van der Waals surface area contributed by atoms with Gasteiger partial charge in [-0.15, -0.1) is 0 Å². The lowest BCUT2D eigenvalue weighted by Crippen LogP contribution is -1.94. The first-order chi connectivity index (χ1) is 5.33. The van der Waals surface area contributed by atoms with Crippen LogP contribution in [-0.2, 0) is 0 Å². The number of pyridine rings is 1. The van der Waals surface area contributed by atoms with Crippen LogP contribution < -0.4 is 4.74 Å². The Labute approximate surface area is 74.0 Å². The summed E-state index contributed by atoms with van der Waals surface area (Å²) in [7, 11) is 0. The van der Waals surface area contributed by atoms with Gasteiger partial charge in [0.2, 0.25) is 5.88 Å². The third-order valence-electron chi connectivity index (χ3n) is 1.05. The van der Waals surface area contributed by atoms with Crippen LogP contribution in [-0.4, -0.2) is 11.6 Å². The summed E-state index contributed by atoms with van der Waals surface area (Å²) >= 11 is 3.28. The SMILES string of the molecule is C=CCOc1ccc(Br)cn1. The highest BCUT2D eigenvalue weighted by Gasteiger charge is 1.91. The average molecular weight is 214 g/mol. The maximum atomic E-state index is 5.16. The van der Waals surface area contributed by atoms with Crippen molar-refractivity contribution < 1.29 is 4.74 Å². The number of ether oxygens (including phenoxy) is 1. The van der Waals surface area contributed by atoms with Gasteiger partial charge in [0.05, 0.1) is 0 Å². The lowest BCUT2D eigenvalue weighted by molar-refractivity contribution is 0.348. The molecule has 1 aromatic heterocycles. The summed E-state index contributed by atoms with van der Waals surface area (Å²) in [6.07, 6.45) is 3.38. The van der Waals surface area contributed by atoms with Crippen LogP contribution >= 0.6 is 15.9 Å². The second-order valence-corrected chi connectivity index (χ2v) is 2.83. The van der Waals surface area contributed by atoms with E-state index in [1.54, 1.807) is 18.3 Å². The topological polar surface area (TPSA) is 22.1 Å². The standard InChI is InChI=1S/C8H8BrNO/c1-2-5-11-8-4-3-7(9)6-10-8/h2-4,6H,1,5H2. The third kappa shape index (κ3) is 2.72. The summed E-state index contributed by atoms with van der Waals surface area (Å²) in [6.45, 7) is 4.03. The van der Waals surface area contributed by atoms with Gasteiger partial charge >= 0.3 is 0 Å². The van der Waals surface area contributed by atoms with E-state index in [1.165, 1.54) is 0 Å². The first kappa shape index (κ1) is 8.27. The van der Waals surface area contributed by atoms with Gasteiger partial charge in [-0.05, 0) is 22.0 Å². The van der Waals surface area contributed by atoms with Crippen molar-refractivity contribution in [2.24, 2.45) is 0 Å². The van der Waals surface area contributed by atoms with Gasteiger partial charge in [0.15, 0.2) is 0 Å². The smallest absolute Gasteiger partial charge is 0.213 e. The fourth-order valence-electron chi connectivity index (χ4n) is 0.592. The van der Waals surface area contributed by atoms with E-state index >= 15 is 0 Å². The van der Waals surface area contributed by atoms with E-state index in [4.69, 9.17) is 4.74 Å². The number of hydrogen-bond donors (Lipinski definition) is 0. The van der Waals surface area contributed by atoms with Crippen LogP contribution in [0.25, 0.3) is 0 Å². The molecule has 2 nitrogen and oxygen atoms in total. The van der Waals surface area contributed by atoms with Crippen molar-refractivity contribution in [2.75, 3.05) is 6.61 Å². The van der Waals surface area contributed by atoms with Gasteiger partial charge in [0.25, 0.3) is 0 Å². The summed E-state index contributed by atoms with van der Waals surface area (Å²) in [5.74, 6) is 0.619. The van der Waals surface area contributed by atoms with Crippen LogP contribution in [0.15, 0.2) is 35.5 Å². The molecule has 0 bridgehead atoms. The Balaban J connectivity index is 2.58. The zero-order chi connectivity index (χ0) is 8.10. The molecule has 11 heavy (non-hydrogen) atoms. The molecule has 0 atom stereocenters. The Kier molecular flexibility index (Phi) is 3.11. The average Bonchev–Trinajstić information content (AvgIpc) is 2.04. The maximum Gasteiger partial charge on any atom is 0.213 e. The first-order valence-corrected chi connectivity index (χ1v) is 3.97. The highest BCUT2D eigenvalue weighted by molar-refractivity contribution is 9.10. The minimum Gasteiger partial charge on any atom is -0.473 e. The zero-order valence-corrected chi connectivity index (χ0v) is 7.54. The van der Waals surface area contributed by atoms with Crippen molar-refractivity contribution in [3.63, 3.8) is 0 Å². The van der Waals surface area contributed by atoms with E-state index in [0.29, 0.717) is 12.5 Å². The number of aromatic nitrogens is 1. The monoisotopic (exact) mass is 213 g/mol. The zero-order valence-electron chi connectivity index (χ0n) is 5.96. The molecule has 0 spiro atoms. The van der Waals surface area contributed by atoms with E-state index < -0.39 is 0 Å². The predicted molar refractivity (Wildman–Crippen MR) is 47.6 cm³/mol. The molecule has 0 aromatic carbocycles. The molecular formula is C8H8BrNO. The molecule has 1 heterocycles. The van der Waals surface area contributed by atoms with Crippen LogP contribution in [0.4, 0.5) is 0 Å². The fourth-order valence-corrected chi connectivity index (χ4v) is 0.826. The molecule has 0 amide bonds. The summed E-state index contributed by atoms with van der Waals surface area (Å²) in [6, 6.07) is 3.68. The number of hydrogen-bond acceptors (Lipinski definition) is 2. The fraction of sp³-hybridized carbons (Fsp3) is 0.125. The van der Waals surface area contributed by atoms with Gasteiger partial charge < -0.3 is 4.74 Å². The Morgan fingerprint density at radius 1 is 1.64 bits per heavy atom. The molecule has 0 unspecified atom stereocenters. The Hall–Kier alpha value is -0.830. The van der Waals surface area contributed by atoms with E-state index in [2.05, 4.69) is 27.5 Å². The van der Waals surface area contributed by atoms with Crippen LogP contribution in [0.1, 0.15) is 0 Å². The molecule has 0 saturated carbocycles. The molecule has 0 saturated heterocycles. The van der Waals surface area contributed by atoms with Crippen LogP contribution in [0.3, 0.4) is 0 Å². The minimum absolute atomic E-state index is 0.495. The third-order valence-corrected chi connectivity index (χ3v) is 1.52. The van der Waals surface area contributed by atoms with Gasteiger partial charge in [-0.3, -0.25) is 0 Å². The second kappa shape index (κ2) is 4.13. The van der Waals surface area contributed by atoms with Gasteiger partial charge in [0.1, 0.15) is 6.61 Å². The molecule has 0 aliphatic carbocycles. The van der Waals surface area contributed by atoms with Crippen LogP contribution in [0.5, 0.6) is 5.88 Å². The normalized spacial score (nSPS) is 9.18. The van der Waals surface area contributed by atoms with Crippen molar-refractivity contribution in [1.29, 1.82) is 0 Å². The van der Waals surface area contributed by atoms with Crippen LogP contribution in [0.2, 0.25) is 0 Å². The summed E-state index contributed by atoms with van der Waals surface area (Å²) < 4.78 is 6.11. The quantitative estimate of drug-likeness (QED) is 0.720. The molecule has 58 valence electrons. The summed E-state index contributed by atoms with van der Waals surface area (Å²) in [4.78, 5) is 4.00. The Bertz CT molecular complexity index is 232. The molecule has 3 heteroatoms. The maximum absolute atomic E-state index is 5.16. The lowest BCUT2D eigenvalue weighted by Gasteiger charge is -1.99. The van der Waals surface area contributed by atoms with E-state index in [9.17, 15) is 0 Å². The summed E-state index contributed by atoms with van der Waals surface area (Å²) in [5, 5.41) is 0. The van der Waals surface area contributed by atoms with E-state index in [1.807, 2.05) is 6.07 Å². The number of rotatable bonds is 3. The highest BCUT2D eigenvalue weighted by Crippen LogP contribution is 2.11. The van der Waals surface area contributed by atoms with Gasteiger partial charge in [0, 0.05) is 16.7 Å². The first-order valence-electron chi connectivity index (χ1n) is 3.18. The van der Waals surface area contributed by atoms with Gasteiger partial charge in [-0.25, -0.2) is 4.98 Å². The Morgan fingerprint density at radius 3 is 3.00 bits per heavy atom. The molecular weight excluding hydrogens is 206 g/mol. The number of nitrogens with zero attached hydrogens (tertiary/aromatic N) is 1. The van der Waals surface area contributed by atoms with Crippen molar-refractivity contribution in [1.82, 2.24) is 4.98 Å². The van der Waals surface area contributed by atoms with Gasteiger partial charge in [-0.2, -0.15) is 0 Å². The molecule has 0 radical (unpaired) electrons. The van der Waals surface area contributed by atoms with Crippen molar-refractivity contribution >= 4 is 15.9 Å². The molecule has 0 N–H and O–H groups in total. The molecule has 1 rings (SSSR count). The molecule has 0 fully saturated rings. The minimum atomic E-state index is 0.495. The molecule has 1 aromatic rings. The number of halogens is 1. The lowest BCUT2D eigenvalue weighted by atomic mass is 10.5. The van der Waals surface area contributed by atoms with E-state index in [-0.39, 0.29) is 0 Å². The van der Waals surface area contributed by atoms with Crippen molar-refractivity contribution in [3.8, 4) is 5.88 Å². The van der Waals surface area contributed by atoms with Crippen LogP contribution in [0, 0.1) is 0 Å². The van der Waals surface area contributed by atoms with Gasteiger partial charge in [-0.1, -0.05) is 12.7 Å². The Morgan fingerprint density at radius 2 is 2.45 bits per heavy atom. The summed E-state index contributed by atoms with van der Waals surface area (Å²) in [5.41, 5.74) is 0. The second-order valence-electron chi connectivity index (χ2n) is 1.91. The molecule has 0 aliphatic heterocycles. The molecule has 0 aliphatic rings. The van der Waals surface area contributed by atoms with Crippen molar-refractivity contribution in [3.05, 3.63) is 35.5 Å². The highest BCUT2D eigenvalue weighted by atomic mass is 79.9. The predicted octanol–water partition coefficient (Wildman–Crippen LogP) is 2.41. The largest absolute Gasteiger partial charge is 0.473 e.